The van der Waals surface area contributed by atoms with Crippen LogP contribution in [0.4, 0.5) is 0 Å². The number of aliphatic hydroxyl groups excluding tert-OH is 2. The summed E-state index contributed by atoms with van der Waals surface area (Å²) in [6.07, 6.45) is 12.9. The first-order chi connectivity index (χ1) is 11.4. The second kappa shape index (κ2) is 5.84. The fourth-order valence-electron chi connectivity index (χ4n) is 8.10. The molecule has 0 radical (unpaired) electrons. The van der Waals surface area contributed by atoms with Crippen LogP contribution in [0, 0.1) is 40.4 Å². The molecule has 0 saturated heterocycles. The molecule has 136 valence electrons. The molecule has 2 nitrogen and oxygen atoms in total. The van der Waals surface area contributed by atoms with E-state index >= 15 is 0 Å². The van der Waals surface area contributed by atoms with E-state index in [4.69, 9.17) is 0 Å². The monoisotopic (exact) mass is 332 g/mol. The van der Waals surface area contributed by atoms with Gasteiger partial charge in [0.1, 0.15) is 0 Å². The highest BCUT2D eigenvalue weighted by Crippen LogP contribution is 2.68. The highest BCUT2D eigenvalue weighted by molar-refractivity contribution is 5.16. The number of hydrogen-bond donors (Lipinski definition) is 2. The van der Waals surface area contributed by atoms with Crippen LogP contribution in [-0.2, 0) is 0 Å². The predicted molar refractivity (Wildman–Crippen MR) is 97.4 cm³/mol. The zero-order chi connectivity index (χ0) is 17.1. The largest absolute Gasteiger partial charge is 0.393 e. The van der Waals surface area contributed by atoms with Gasteiger partial charge in [0.05, 0.1) is 12.2 Å². The molecule has 4 aliphatic rings. The fraction of sp³-hybridized carbons (Fsp3) is 0.909. The van der Waals surface area contributed by atoms with Crippen LogP contribution in [0.3, 0.4) is 0 Å². The van der Waals surface area contributed by atoms with Crippen LogP contribution in [0.1, 0.15) is 71.6 Å². The van der Waals surface area contributed by atoms with Gasteiger partial charge in [-0.3, -0.25) is 0 Å². The van der Waals surface area contributed by atoms with Crippen LogP contribution in [0.2, 0.25) is 0 Å². The number of aliphatic hydroxyl groups is 2. The van der Waals surface area contributed by atoms with Crippen molar-refractivity contribution in [2.45, 2.75) is 83.8 Å². The zero-order valence-corrected chi connectivity index (χ0v) is 15.6. The molecule has 2 N–H and O–H groups in total. The van der Waals surface area contributed by atoms with Crippen molar-refractivity contribution in [1.82, 2.24) is 0 Å². The Hall–Kier alpha value is -0.340. The van der Waals surface area contributed by atoms with Gasteiger partial charge in [0.25, 0.3) is 0 Å². The average molecular weight is 333 g/mol. The molecule has 4 saturated carbocycles. The van der Waals surface area contributed by atoms with Crippen molar-refractivity contribution in [3.8, 4) is 0 Å². The molecule has 4 rings (SSSR count). The summed E-state index contributed by atoms with van der Waals surface area (Å²) in [5, 5.41) is 20.5. The summed E-state index contributed by atoms with van der Waals surface area (Å²) in [5.74, 6) is 3.52. The number of rotatable bonds is 2. The summed E-state index contributed by atoms with van der Waals surface area (Å²) in [5.41, 5.74) is 0.630. The van der Waals surface area contributed by atoms with E-state index in [2.05, 4.69) is 19.6 Å². The van der Waals surface area contributed by atoms with E-state index in [1.54, 1.807) is 0 Å². The summed E-state index contributed by atoms with van der Waals surface area (Å²) in [6, 6.07) is 0. The molecule has 4 aliphatic carbocycles. The molecule has 0 amide bonds. The lowest BCUT2D eigenvalue weighted by Gasteiger charge is -2.61. The van der Waals surface area contributed by atoms with E-state index in [0.29, 0.717) is 11.3 Å². The van der Waals surface area contributed by atoms with Crippen molar-refractivity contribution in [3.05, 3.63) is 12.7 Å². The molecular weight excluding hydrogens is 296 g/mol. The molecule has 0 aromatic rings. The van der Waals surface area contributed by atoms with Gasteiger partial charge in [-0.15, -0.1) is 6.58 Å². The second-order valence-electron chi connectivity index (χ2n) is 9.86. The van der Waals surface area contributed by atoms with E-state index in [1.165, 1.54) is 44.9 Å². The molecule has 0 heterocycles. The Morgan fingerprint density at radius 2 is 1.83 bits per heavy atom. The Labute approximate surface area is 147 Å². The molecule has 0 aromatic carbocycles. The first-order valence-electron chi connectivity index (χ1n) is 10.4. The number of hydrogen-bond acceptors (Lipinski definition) is 2. The smallest absolute Gasteiger partial charge is 0.0548 e. The summed E-state index contributed by atoms with van der Waals surface area (Å²) in [7, 11) is 0. The third kappa shape index (κ3) is 2.21. The quantitative estimate of drug-likeness (QED) is 0.728. The third-order valence-electron chi connectivity index (χ3n) is 9.25. The highest BCUT2D eigenvalue weighted by atomic mass is 16.3. The van der Waals surface area contributed by atoms with Crippen LogP contribution < -0.4 is 0 Å². The van der Waals surface area contributed by atoms with Gasteiger partial charge in [0, 0.05) is 0 Å². The molecule has 4 fully saturated rings. The third-order valence-corrected chi connectivity index (χ3v) is 9.25. The van der Waals surface area contributed by atoms with E-state index in [0.717, 1.165) is 36.5 Å². The van der Waals surface area contributed by atoms with Crippen molar-refractivity contribution in [3.63, 3.8) is 0 Å². The van der Waals surface area contributed by atoms with Crippen LogP contribution in [0.15, 0.2) is 12.7 Å². The molecule has 0 spiro atoms. The minimum Gasteiger partial charge on any atom is -0.393 e. The maximum atomic E-state index is 10.4. The highest BCUT2D eigenvalue weighted by Gasteiger charge is 2.61. The number of fused-ring (bicyclic) bond motifs is 5. The van der Waals surface area contributed by atoms with E-state index in [1.807, 2.05) is 6.92 Å². The SMILES string of the molecule is C=CC12CC[C@H]3[C@@H](CC[C@H]4C[C@H](O)CC[C@@]43C)[C@@H]1CCC2C(C)O. The van der Waals surface area contributed by atoms with Crippen molar-refractivity contribution in [1.29, 1.82) is 0 Å². The summed E-state index contributed by atoms with van der Waals surface area (Å²) >= 11 is 0. The molecule has 9 atom stereocenters. The average Bonchev–Trinajstić information content (AvgIpc) is 2.95. The van der Waals surface area contributed by atoms with Crippen molar-refractivity contribution in [2.24, 2.45) is 40.4 Å². The Bertz CT molecular complexity index is 500. The summed E-state index contributed by atoms with van der Waals surface area (Å²) in [6.45, 7) is 8.79. The normalized spacial score (nSPS) is 55.2. The van der Waals surface area contributed by atoms with Crippen LogP contribution in [0.25, 0.3) is 0 Å². The van der Waals surface area contributed by atoms with Crippen LogP contribution in [0.5, 0.6) is 0 Å². The standard InChI is InChI=1S/C22H36O2/c1-4-22-12-10-19-17(20(22)8-7-18(22)14(2)23)6-5-15-13-16(24)9-11-21(15,19)3/h4,14-20,23-24H,1,5-13H2,2-3H3/t14?,15-,16+,17+,18?,19-,20-,21-,22?/m0/s1. The van der Waals surface area contributed by atoms with Gasteiger partial charge in [0.2, 0.25) is 0 Å². The van der Waals surface area contributed by atoms with Crippen LogP contribution in [-0.4, -0.2) is 22.4 Å². The maximum Gasteiger partial charge on any atom is 0.0548 e. The molecule has 0 aliphatic heterocycles. The van der Waals surface area contributed by atoms with Gasteiger partial charge in [-0.25, -0.2) is 0 Å². The van der Waals surface area contributed by atoms with Crippen molar-refractivity contribution >= 4 is 0 Å². The molecule has 0 aromatic heterocycles. The van der Waals surface area contributed by atoms with Gasteiger partial charge in [-0.1, -0.05) is 13.0 Å². The lowest BCUT2D eigenvalue weighted by Crippen LogP contribution is -2.54. The van der Waals surface area contributed by atoms with E-state index in [9.17, 15) is 10.2 Å². The molecular formula is C22H36O2. The van der Waals surface area contributed by atoms with Gasteiger partial charge >= 0.3 is 0 Å². The molecule has 0 bridgehead atoms. The Morgan fingerprint density at radius 3 is 2.54 bits per heavy atom. The Morgan fingerprint density at radius 1 is 1.04 bits per heavy atom. The van der Waals surface area contributed by atoms with Gasteiger partial charge < -0.3 is 10.2 Å². The minimum atomic E-state index is -0.207. The minimum absolute atomic E-state index is 0.0541. The summed E-state index contributed by atoms with van der Waals surface area (Å²) in [4.78, 5) is 0. The second-order valence-corrected chi connectivity index (χ2v) is 9.86. The lowest BCUT2D eigenvalue weighted by atomic mass is 9.44. The Kier molecular flexibility index (Phi) is 4.16. The first kappa shape index (κ1) is 17.1. The molecule has 24 heavy (non-hydrogen) atoms. The van der Waals surface area contributed by atoms with E-state index < -0.39 is 0 Å². The van der Waals surface area contributed by atoms with Gasteiger partial charge in [-0.2, -0.15) is 0 Å². The zero-order valence-electron chi connectivity index (χ0n) is 15.6. The Balaban J connectivity index is 1.64. The van der Waals surface area contributed by atoms with Crippen molar-refractivity contribution in [2.75, 3.05) is 0 Å². The fourth-order valence-corrected chi connectivity index (χ4v) is 8.10. The van der Waals surface area contributed by atoms with Crippen molar-refractivity contribution < 1.29 is 10.2 Å². The van der Waals surface area contributed by atoms with Gasteiger partial charge in [-0.05, 0) is 105 Å². The predicted octanol–water partition coefficient (Wildman–Crippen LogP) is 4.55. The molecule has 2 heteroatoms. The lowest BCUT2D eigenvalue weighted by molar-refractivity contribution is -0.125. The topological polar surface area (TPSA) is 40.5 Å². The summed E-state index contributed by atoms with van der Waals surface area (Å²) < 4.78 is 0. The molecule has 3 unspecified atom stereocenters. The van der Waals surface area contributed by atoms with Gasteiger partial charge in [0.15, 0.2) is 0 Å². The maximum absolute atomic E-state index is 10.4. The van der Waals surface area contributed by atoms with E-state index in [-0.39, 0.29) is 17.6 Å². The van der Waals surface area contributed by atoms with Crippen LogP contribution >= 0.6 is 0 Å². The number of allylic oxidation sites excluding steroid dienone is 1. The first-order valence-corrected chi connectivity index (χ1v) is 10.4.